The van der Waals surface area contributed by atoms with E-state index in [0.717, 1.165) is 69.1 Å². The van der Waals surface area contributed by atoms with Crippen LogP contribution >= 0.6 is 0 Å². The Morgan fingerprint density at radius 2 is 1.98 bits per heavy atom. The Hall–Kier alpha value is -4.99. The van der Waals surface area contributed by atoms with E-state index >= 15 is 0 Å². The Labute approximate surface area is 243 Å². The molecule has 1 aromatic carbocycles. The molecule has 6 aromatic rings. The summed E-state index contributed by atoms with van der Waals surface area (Å²) in [5.41, 5.74) is 13.7. The minimum atomic E-state index is 0.359. The number of benzene rings is 1. The highest BCUT2D eigenvalue weighted by Crippen LogP contribution is 2.35. The Balaban J connectivity index is 1.17. The summed E-state index contributed by atoms with van der Waals surface area (Å²) in [7, 11) is 4.07. The van der Waals surface area contributed by atoms with Crippen LogP contribution in [0, 0.1) is 5.92 Å². The molecular formula is C32H33N9O. The Kier molecular flexibility index (Phi) is 6.45. The number of nitrogens with two attached hydrogens (primary N) is 1. The number of rotatable bonds is 9. The zero-order chi connectivity index (χ0) is 28.8. The molecule has 5 heterocycles. The Morgan fingerprint density at radius 3 is 2.76 bits per heavy atom. The second kappa shape index (κ2) is 10.4. The highest BCUT2D eigenvalue weighted by atomic mass is 16.5. The Morgan fingerprint density at radius 1 is 1.10 bits per heavy atom. The van der Waals surface area contributed by atoms with Crippen molar-refractivity contribution in [3.05, 3.63) is 78.8 Å². The molecule has 0 unspecified atom stereocenters. The fraction of sp³-hybridized carbons (Fsp3) is 0.281. The molecular weight excluding hydrogens is 526 g/mol. The van der Waals surface area contributed by atoms with Crippen LogP contribution in [0.4, 0.5) is 11.5 Å². The molecule has 42 heavy (non-hydrogen) atoms. The number of aromatic nitrogens is 7. The topological polar surface area (TPSA) is 113 Å². The van der Waals surface area contributed by atoms with E-state index in [1.165, 1.54) is 24.9 Å². The summed E-state index contributed by atoms with van der Waals surface area (Å²) in [5.74, 6) is 1.99. The van der Waals surface area contributed by atoms with Crippen LogP contribution in [-0.4, -0.2) is 47.9 Å². The smallest absolute Gasteiger partial charge is 0.150 e. The van der Waals surface area contributed by atoms with Gasteiger partial charge in [-0.2, -0.15) is 5.10 Å². The molecule has 0 aliphatic heterocycles. The van der Waals surface area contributed by atoms with Crippen LogP contribution in [0.15, 0.2) is 67.5 Å². The lowest BCUT2D eigenvalue weighted by Crippen LogP contribution is -2.20. The van der Waals surface area contributed by atoms with Gasteiger partial charge in [-0.05, 0) is 55.5 Å². The number of hydrogen-bond acceptors (Lipinski definition) is 8. The lowest BCUT2D eigenvalue weighted by atomic mass is 10.1. The number of nitrogen functional groups attached to an aromatic ring is 1. The maximum absolute atomic E-state index is 6.30. The molecule has 1 aliphatic rings. The third-order valence-electron chi connectivity index (χ3n) is 7.88. The third-order valence-corrected chi connectivity index (χ3v) is 7.88. The van der Waals surface area contributed by atoms with Gasteiger partial charge in [0.1, 0.15) is 24.5 Å². The molecule has 2 N–H and O–H groups in total. The van der Waals surface area contributed by atoms with Crippen LogP contribution in [0.5, 0.6) is 5.75 Å². The fourth-order valence-electron chi connectivity index (χ4n) is 5.50. The van der Waals surface area contributed by atoms with Crippen LogP contribution in [0.3, 0.4) is 0 Å². The maximum atomic E-state index is 6.30. The zero-order valence-electron chi connectivity index (χ0n) is 24.0. The van der Waals surface area contributed by atoms with Crippen LogP contribution in [-0.2, 0) is 20.1 Å². The van der Waals surface area contributed by atoms with Crippen molar-refractivity contribution in [1.82, 2.24) is 34.3 Å². The van der Waals surface area contributed by atoms with Crippen molar-refractivity contribution in [3.8, 4) is 22.7 Å². The first-order valence-corrected chi connectivity index (χ1v) is 14.3. The third kappa shape index (κ3) is 4.89. The van der Waals surface area contributed by atoms with Crippen LogP contribution in [0.1, 0.15) is 31.0 Å². The summed E-state index contributed by atoms with van der Waals surface area (Å²) >= 11 is 0. The van der Waals surface area contributed by atoms with Gasteiger partial charge >= 0.3 is 0 Å². The van der Waals surface area contributed by atoms with Gasteiger partial charge in [0.05, 0.1) is 28.5 Å². The zero-order valence-corrected chi connectivity index (χ0v) is 24.0. The second-order valence-electron chi connectivity index (χ2n) is 11.1. The van der Waals surface area contributed by atoms with Gasteiger partial charge in [-0.1, -0.05) is 6.92 Å². The minimum Gasteiger partial charge on any atom is -0.489 e. The summed E-state index contributed by atoms with van der Waals surface area (Å²) in [5, 5.41) is 6.48. The highest BCUT2D eigenvalue weighted by Gasteiger charge is 2.24. The summed E-state index contributed by atoms with van der Waals surface area (Å²) in [6, 6.07) is 12.4. The van der Waals surface area contributed by atoms with Gasteiger partial charge in [-0.25, -0.2) is 9.97 Å². The number of nitrogens with zero attached hydrogens (tertiary/aromatic N) is 8. The van der Waals surface area contributed by atoms with E-state index in [1.54, 1.807) is 10.9 Å². The molecule has 1 fully saturated rings. The van der Waals surface area contributed by atoms with E-state index in [1.807, 2.05) is 54.5 Å². The summed E-state index contributed by atoms with van der Waals surface area (Å²) < 4.78 is 9.99. The number of ether oxygens (including phenoxy) is 1. The molecule has 1 saturated carbocycles. The molecule has 0 saturated heterocycles. The standard InChI is InChI=1S/C32H33N9O/c1-4-22-12-29(39(2)16-20-5-6-20)25-8-7-24(13-28(25)37-22)42-18-21-11-23(15-34-14-21)41-17-26(27-9-10-40(3)38-27)30-31(33)35-19-36-32(30)41/h7-15,17,19-20H,4-6,16,18H2,1-3H3,(H2,33,35,36). The van der Waals surface area contributed by atoms with E-state index in [4.69, 9.17) is 15.5 Å². The molecule has 10 nitrogen and oxygen atoms in total. The van der Waals surface area contributed by atoms with E-state index in [9.17, 15) is 0 Å². The van der Waals surface area contributed by atoms with Gasteiger partial charge in [0.25, 0.3) is 0 Å². The second-order valence-corrected chi connectivity index (χ2v) is 11.1. The average Bonchev–Trinajstić information content (AvgIpc) is 3.57. The van der Waals surface area contributed by atoms with Gasteiger partial charge in [0, 0.05) is 73.2 Å². The van der Waals surface area contributed by atoms with E-state index < -0.39 is 0 Å². The number of anilines is 2. The van der Waals surface area contributed by atoms with Crippen molar-refractivity contribution in [2.45, 2.75) is 32.8 Å². The van der Waals surface area contributed by atoms with E-state index in [-0.39, 0.29) is 0 Å². The molecule has 5 aromatic heterocycles. The lowest BCUT2D eigenvalue weighted by Gasteiger charge is -2.22. The van der Waals surface area contributed by atoms with Gasteiger partial charge in [0.2, 0.25) is 0 Å². The summed E-state index contributed by atoms with van der Waals surface area (Å²) in [4.78, 5) is 20.6. The first-order chi connectivity index (χ1) is 20.5. The van der Waals surface area contributed by atoms with Crippen LogP contribution in [0.25, 0.3) is 38.9 Å². The van der Waals surface area contributed by atoms with E-state index in [0.29, 0.717) is 18.1 Å². The number of pyridine rings is 2. The summed E-state index contributed by atoms with van der Waals surface area (Å²) in [6.07, 6.45) is 12.5. The molecule has 212 valence electrons. The fourth-order valence-corrected chi connectivity index (χ4v) is 5.50. The van der Waals surface area contributed by atoms with Crippen molar-refractivity contribution in [2.24, 2.45) is 13.0 Å². The monoisotopic (exact) mass is 559 g/mol. The molecule has 1 aliphatic carbocycles. The van der Waals surface area contributed by atoms with Crippen LogP contribution < -0.4 is 15.4 Å². The Bertz CT molecular complexity index is 1920. The number of fused-ring (bicyclic) bond motifs is 2. The van der Waals surface area contributed by atoms with Gasteiger partial charge in [-0.15, -0.1) is 0 Å². The number of hydrogen-bond donors (Lipinski definition) is 1. The van der Waals surface area contributed by atoms with E-state index in [2.05, 4.69) is 51.1 Å². The first kappa shape index (κ1) is 25.9. The molecule has 0 atom stereocenters. The molecule has 0 bridgehead atoms. The van der Waals surface area contributed by atoms with Gasteiger partial charge in [-0.3, -0.25) is 19.2 Å². The van der Waals surface area contributed by atoms with Crippen molar-refractivity contribution >= 4 is 33.4 Å². The highest BCUT2D eigenvalue weighted by molar-refractivity contribution is 6.00. The minimum absolute atomic E-state index is 0.359. The van der Waals surface area contributed by atoms with Crippen molar-refractivity contribution in [2.75, 3.05) is 24.2 Å². The summed E-state index contributed by atoms with van der Waals surface area (Å²) in [6.45, 7) is 3.59. The van der Waals surface area contributed by atoms with Crippen molar-refractivity contribution in [3.63, 3.8) is 0 Å². The predicted octanol–water partition coefficient (Wildman–Crippen LogP) is 5.33. The average molecular weight is 560 g/mol. The molecule has 7 rings (SSSR count). The quantitative estimate of drug-likeness (QED) is 0.253. The van der Waals surface area contributed by atoms with Crippen LogP contribution in [0.2, 0.25) is 0 Å². The number of aryl methyl sites for hydroxylation is 2. The molecule has 10 heteroatoms. The normalized spacial score (nSPS) is 13.2. The molecule has 0 spiro atoms. The first-order valence-electron chi connectivity index (χ1n) is 14.3. The predicted molar refractivity (Wildman–Crippen MR) is 165 cm³/mol. The van der Waals surface area contributed by atoms with Crippen molar-refractivity contribution < 1.29 is 4.74 Å². The largest absolute Gasteiger partial charge is 0.489 e. The van der Waals surface area contributed by atoms with Crippen molar-refractivity contribution in [1.29, 1.82) is 0 Å². The van der Waals surface area contributed by atoms with Gasteiger partial charge in [0.15, 0.2) is 5.65 Å². The maximum Gasteiger partial charge on any atom is 0.150 e. The van der Waals surface area contributed by atoms with Gasteiger partial charge < -0.3 is 15.4 Å². The molecule has 0 amide bonds. The molecule has 0 radical (unpaired) electrons. The SMILES string of the molecule is CCc1cc(N(C)CC2CC2)c2ccc(OCc3cncc(-n4cc(-c5ccn(C)n5)c5c(N)ncnc54)c3)cc2n1. The lowest BCUT2D eigenvalue weighted by molar-refractivity contribution is 0.306.